The number of rotatable bonds is 2. The van der Waals surface area contributed by atoms with Crippen molar-refractivity contribution in [1.82, 2.24) is 9.97 Å². The Labute approximate surface area is 106 Å². The third kappa shape index (κ3) is 1.94. The van der Waals surface area contributed by atoms with E-state index in [-0.39, 0.29) is 11.7 Å². The van der Waals surface area contributed by atoms with E-state index in [0.717, 1.165) is 36.4 Å². The number of para-hydroxylation sites is 2. The summed E-state index contributed by atoms with van der Waals surface area (Å²) in [5.41, 5.74) is 1.81. The quantitative estimate of drug-likeness (QED) is 0.807. The number of hydrogen-bond acceptors (Lipinski definition) is 4. The van der Waals surface area contributed by atoms with E-state index in [2.05, 4.69) is 14.9 Å². The number of nitrogens with zero attached hydrogens (tertiary/aromatic N) is 3. The van der Waals surface area contributed by atoms with Crippen LogP contribution in [-0.4, -0.2) is 28.8 Å². The zero-order chi connectivity index (χ0) is 12.5. The van der Waals surface area contributed by atoms with Gasteiger partial charge in [-0.05, 0) is 25.5 Å². The van der Waals surface area contributed by atoms with Gasteiger partial charge in [-0.2, -0.15) is 0 Å². The van der Waals surface area contributed by atoms with E-state index in [1.54, 1.807) is 13.1 Å². The molecular formula is C14H15N3O. The van der Waals surface area contributed by atoms with Crippen molar-refractivity contribution in [3.63, 3.8) is 0 Å². The van der Waals surface area contributed by atoms with Crippen LogP contribution in [0.2, 0.25) is 0 Å². The van der Waals surface area contributed by atoms with Crippen LogP contribution in [0.4, 0.5) is 5.82 Å². The maximum atomic E-state index is 11.4. The zero-order valence-corrected chi connectivity index (χ0v) is 10.3. The number of Topliss-reactive ketones (excluding diaryl/α,β-unsaturated/α-hetero) is 1. The third-order valence-corrected chi connectivity index (χ3v) is 3.52. The highest BCUT2D eigenvalue weighted by Crippen LogP contribution is 2.23. The SMILES string of the molecule is CC(=O)C1CCN(c2cnc3ccccc3n2)C1. The summed E-state index contributed by atoms with van der Waals surface area (Å²) in [7, 11) is 0. The number of anilines is 1. The van der Waals surface area contributed by atoms with Gasteiger partial charge in [0, 0.05) is 19.0 Å². The van der Waals surface area contributed by atoms with Gasteiger partial charge in [-0.3, -0.25) is 9.78 Å². The second kappa shape index (κ2) is 4.37. The number of carbonyl (C=O) groups is 1. The lowest BCUT2D eigenvalue weighted by molar-refractivity contribution is -0.120. The normalized spacial score (nSPS) is 19.4. The van der Waals surface area contributed by atoms with Gasteiger partial charge in [0.25, 0.3) is 0 Å². The van der Waals surface area contributed by atoms with Crippen molar-refractivity contribution in [3.8, 4) is 0 Å². The van der Waals surface area contributed by atoms with Crippen LogP contribution in [0.3, 0.4) is 0 Å². The summed E-state index contributed by atoms with van der Waals surface area (Å²) in [4.78, 5) is 22.5. The lowest BCUT2D eigenvalue weighted by Crippen LogP contribution is -2.22. The summed E-state index contributed by atoms with van der Waals surface area (Å²) in [5.74, 6) is 1.29. The molecule has 1 aliphatic heterocycles. The second-order valence-electron chi connectivity index (χ2n) is 4.76. The average molecular weight is 241 g/mol. The Kier molecular flexibility index (Phi) is 2.70. The first-order valence-electron chi connectivity index (χ1n) is 6.21. The second-order valence-corrected chi connectivity index (χ2v) is 4.76. The first-order valence-corrected chi connectivity index (χ1v) is 6.21. The fourth-order valence-electron chi connectivity index (χ4n) is 2.40. The van der Waals surface area contributed by atoms with Gasteiger partial charge in [-0.15, -0.1) is 0 Å². The Morgan fingerprint density at radius 2 is 2.11 bits per heavy atom. The van der Waals surface area contributed by atoms with Gasteiger partial charge in [-0.25, -0.2) is 4.98 Å². The highest BCUT2D eigenvalue weighted by Gasteiger charge is 2.26. The molecule has 1 unspecified atom stereocenters. The molecule has 1 aromatic heterocycles. The minimum absolute atomic E-state index is 0.151. The molecule has 4 nitrogen and oxygen atoms in total. The van der Waals surface area contributed by atoms with E-state index in [1.165, 1.54) is 0 Å². The Morgan fingerprint density at radius 3 is 2.83 bits per heavy atom. The molecule has 0 aliphatic carbocycles. The Morgan fingerprint density at radius 1 is 1.33 bits per heavy atom. The first-order chi connectivity index (χ1) is 8.74. The van der Waals surface area contributed by atoms with Gasteiger partial charge in [0.05, 0.1) is 17.2 Å². The van der Waals surface area contributed by atoms with Crippen molar-refractivity contribution in [1.29, 1.82) is 0 Å². The molecule has 0 saturated carbocycles. The largest absolute Gasteiger partial charge is 0.355 e. The molecule has 0 amide bonds. The van der Waals surface area contributed by atoms with Gasteiger partial charge in [-0.1, -0.05) is 12.1 Å². The molecule has 4 heteroatoms. The van der Waals surface area contributed by atoms with Crippen LogP contribution in [0.15, 0.2) is 30.5 Å². The van der Waals surface area contributed by atoms with Crippen molar-refractivity contribution in [3.05, 3.63) is 30.5 Å². The number of hydrogen-bond donors (Lipinski definition) is 0. The molecule has 1 aromatic carbocycles. The zero-order valence-electron chi connectivity index (χ0n) is 10.3. The highest BCUT2D eigenvalue weighted by molar-refractivity contribution is 5.80. The molecule has 1 saturated heterocycles. The lowest BCUT2D eigenvalue weighted by Gasteiger charge is -2.16. The number of ketones is 1. The maximum absolute atomic E-state index is 11.4. The number of fused-ring (bicyclic) bond motifs is 1. The van der Waals surface area contributed by atoms with Crippen molar-refractivity contribution in [2.75, 3.05) is 18.0 Å². The van der Waals surface area contributed by atoms with Gasteiger partial charge in [0.15, 0.2) is 0 Å². The minimum Gasteiger partial charge on any atom is -0.355 e. The van der Waals surface area contributed by atoms with Crippen LogP contribution in [0.5, 0.6) is 0 Å². The molecule has 0 bridgehead atoms. The van der Waals surface area contributed by atoms with Gasteiger partial charge < -0.3 is 4.90 Å². The summed E-state index contributed by atoms with van der Waals surface area (Å²) in [6, 6.07) is 7.83. The van der Waals surface area contributed by atoms with E-state index in [4.69, 9.17) is 0 Å². The van der Waals surface area contributed by atoms with E-state index in [0.29, 0.717) is 0 Å². The van der Waals surface area contributed by atoms with Crippen LogP contribution in [0.25, 0.3) is 11.0 Å². The van der Waals surface area contributed by atoms with Crippen molar-refractivity contribution < 1.29 is 4.79 Å². The van der Waals surface area contributed by atoms with E-state index in [9.17, 15) is 4.79 Å². The fourth-order valence-corrected chi connectivity index (χ4v) is 2.40. The number of carbonyl (C=O) groups excluding carboxylic acids is 1. The third-order valence-electron chi connectivity index (χ3n) is 3.52. The molecule has 0 spiro atoms. The Bertz CT molecular complexity index is 596. The van der Waals surface area contributed by atoms with Crippen LogP contribution in [-0.2, 0) is 4.79 Å². The monoisotopic (exact) mass is 241 g/mol. The summed E-state index contributed by atoms with van der Waals surface area (Å²) >= 11 is 0. The molecule has 92 valence electrons. The molecule has 2 heterocycles. The van der Waals surface area contributed by atoms with Crippen molar-refractivity contribution in [2.45, 2.75) is 13.3 Å². The molecule has 1 fully saturated rings. The fraction of sp³-hybridized carbons (Fsp3) is 0.357. The standard InChI is InChI=1S/C14H15N3O/c1-10(18)11-6-7-17(9-11)14-8-15-12-4-2-3-5-13(12)16-14/h2-5,8,11H,6-7,9H2,1H3. The Balaban J connectivity index is 1.89. The van der Waals surface area contributed by atoms with E-state index < -0.39 is 0 Å². The molecule has 1 atom stereocenters. The van der Waals surface area contributed by atoms with Crippen LogP contribution in [0, 0.1) is 5.92 Å². The minimum atomic E-state index is 0.151. The van der Waals surface area contributed by atoms with Gasteiger partial charge in [0.1, 0.15) is 11.6 Å². The summed E-state index contributed by atoms with van der Waals surface area (Å²) in [6.07, 6.45) is 2.72. The molecule has 0 N–H and O–H groups in total. The molecule has 1 aliphatic rings. The summed E-state index contributed by atoms with van der Waals surface area (Å²) in [6.45, 7) is 3.32. The molecule has 0 radical (unpaired) electrons. The van der Waals surface area contributed by atoms with Crippen LogP contribution in [0.1, 0.15) is 13.3 Å². The summed E-state index contributed by atoms with van der Waals surface area (Å²) < 4.78 is 0. The van der Waals surface area contributed by atoms with Gasteiger partial charge >= 0.3 is 0 Å². The van der Waals surface area contributed by atoms with Crippen molar-refractivity contribution in [2.24, 2.45) is 5.92 Å². The predicted molar refractivity (Wildman–Crippen MR) is 70.5 cm³/mol. The highest BCUT2D eigenvalue weighted by atomic mass is 16.1. The Hall–Kier alpha value is -1.97. The maximum Gasteiger partial charge on any atom is 0.147 e. The first kappa shape index (κ1) is 11.1. The van der Waals surface area contributed by atoms with E-state index >= 15 is 0 Å². The number of benzene rings is 1. The molecule has 3 rings (SSSR count). The lowest BCUT2D eigenvalue weighted by atomic mass is 10.1. The molecular weight excluding hydrogens is 226 g/mol. The molecule has 2 aromatic rings. The van der Waals surface area contributed by atoms with Crippen LogP contribution >= 0.6 is 0 Å². The smallest absolute Gasteiger partial charge is 0.147 e. The summed E-state index contributed by atoms with van der Waals surface area (Å²) in [5, 5.41) is 0. The number of aromatic nitrogens is 2. The van der Waals surface area contributed by atoms with Crippen molar-refractivity contribution >= 4 is 22.6 Å². The predicted octanol–water partition coefficient (Wildman–Crippen LogP) is 2.05. The van der Waals surface area contributed by atoms with Gasteiger partial charge in [0.2, 0.25) is 0 Å². The average Bonchev–Trinajstić information content (AvgIpc) is 2.88. The topological polar surface area (TPSA) is 46.1 Å². The van der Waals surface area contributed by atoms with Crippen LogP contribution < -0.4 is 4.90 Å². The van der Waals surface area contributed by atoms with E-state index in [1.807, 2.05) is 24.3 Å². The molecule has 18 heavy (non-hydrogen) atoms.